The molecule has 29 heavy (non-hydrogen) atoms. The summed E-state index contributed by atoms with van der Waals surface area (Å²) >= 11 is 0. The largest absolute Gasteiger partial charge is 0.451 e. The van der Waals surface area contributed by atoms with E-state index < -0.39 is 5.97 Å². The molecule has 1 heterocycles. The lowest BCUT2D eigenvalue weighted by atomic mass is 9.88. The third-order valence-electron chi connectivity index (χ3n) is 6.21. The maximum atomic E-state index is 13.1. The highest BCUT2D eigenvalue weighted by Crippen LogP contribution is 2.30. The molecular weight excluding hydrogens is 366 g/mol. The lowest BCUT2D eigenvalue weighted by Crippen LogP contribution is -2.50. The average Bonchev–Trinajstić information content (AvgIpc) is 2.79. The van der Waals surface area contributed by atoms with Crippen LogP contribution in [0.5, 0.6) is 0 Å². The van der Waals surface area contributed by atoms with Crippen molar-refractivity contribution >= 4 is 22.9 Å². The van der Waals surface area contributed by atoms with Crippen molar-refractivity contribution in [2.45, 2.75) is 76.3 Å². The maximum absolute atomic E-state index is 13.1. The summed E-state index contributed by atoms with van der Waals surface area (Å²) in [7, 11) is 0. The van der Waals surface area contributed by atoms with Crippen LogP contribution in [0, 0.1) is 0 Å². The van der Waals surface area contributed by atoms with Gasteiger partial charge in [0.2, 0.25) is 0 Å². The van der Waals surface area contributed by atoms with Crippen LogP contribution >= 0.6 is 0 Å². The van der Waals surface area contributed by atoms with Gasteiger partial charge in [0.05, 0.1) is 17.2 Å². The molecule has 0 bridgehead atoms. The van der Waals surface area contributed by atoms with E-state index in [0.29, 0.717) is 17.6 Å². The zero-order valence-electron chi connectivity index (χ0n) is 16.9. The number of ether oxygens (including phenoxy) is 1. The molecule has 1 amide bonds. The fourth-order valence-corrected chi connectivity index (χ4v) is 4.76. The Hall–Kier alpha value is -2.50. The number of hydrogen-bond acceptors (Lipinski definition) is 5. The summed E-state index contributed by atoms with van der Waals surface area (Å²) in [6.45, 7) is -0.222. The number of esters is 1. The zero-order valence-corrected chi connectivity index (χ0v) is 16.9. The summed E-state index contributed by atoms with van der Waals surface area (Å²) in [5, 5.41) is 0. The van der Waals surface area contributed by atoms with E-state index in [2.05, 4.69) is 14.9 Å². The molecule has 1 aromatic heterocycles. The lowest BCUT2D eigenvalue weighted by molar-refractivity contribution is -0.141. The van der Waals surface area contributed by atoms with Crippen LogP contribution < -0.4 is 0 Å². The molecule has 0 N–H and O–H groups in total. The summed E-state index contributed by atoms with van der Waals surface area (Å²) in [6.07, 6.45) is 12.9. The minimum atomic E-state index is -0.594. The Kier molecular flexibility index (Phi) is 6.37. The van der Waals surface area contributed by atoms with Gasteiger partial charge in [0.15, 0.2) is 12.3 Å². The quantitative estimate of drug-likeness (QED) is 0.707. The second-order valence-electron chi connectivity index (χ2n) is 8.20. The lowest BCUT2D eigenvalue weighted by Gasteiger charge is -2.41. The SMILES string of the molecule is O=C(OCC(=O)N(C1CCCCC1)C1CCCCC1)c1cnc2ccccc2n1. The third-order valence-corrected chi connectivity index (χ3v) is 6.21. The molecule has 2 saturated carbocycles. The van der Waals surface area contributed by atoms with Crippen molar-refractivity contribution in [3.05, 3.63) is 36.2 Å². The molecule has 4 rings (SSSR count). The van der Waals surface area contributed by atoms with Crippen LogP contribution in [-0.2, 0) is 9.53 Å². The molecule has 2 aliphatic rings. The average molecular weight is 396 g/mol. The van der Waals surface area contributed by atoms with Crippen LogP contribution in [0.3, 0.4) is 0 Å². The predicted molar refractivity (Wildman–Crippen MR) is 110 cm³/mol. The number of carbonyl (C=O) groups is 2. The predicted octanol–water partition coefficient (Wildman–Crippen LogP) is 4.28. The number of fused-ring (bicyclic) bond motifs is 1. The van der Waals surface area contributed by atoms with Crippen LogP contribution in [0.15, 0.2) is 30.5 Å². The fraction of sp³-hybridized carbons (Fsp3) is 0.565. The summed E-state index contributed by atoms with van der Waals surface area (Å²) < 4.78 is 5.37. The molecule has 0 aliphatic heterocycles. The topological polar surface area (TPSA) is 72.4 Å². The number of benzene rings is 1. The highest BCUT2D eigenvalue weighted by Gasteiger charge is 2.32. The summed E-state index contributed by atoms with van der Waals surface area (Å²) in [6, 6.07) is 7.95. The van der Waals surface area contributed by atoms with Crippen molar-refractivity contribution in [2.24, 2.45) is 0 Å². The summed E-state index contributed by atoms with van der Waals surface area (Å²) in [4.78, 5) is 36.2. The Bertz CT molecular complexity index is 839. The maximum Gasteiger partial charge on any atom is 0.359 e. The van der Waals surface area contributed by atoms with Gasteiger partial charge in [-0.1, -0.05) is 50.7 Å². The van der Waals surface area contributed by atoms with Crippen LogP contribution in [0.2, 0.25) is 0 Å². The second-order valence-corrected chi connectivity index (χ2v) is 8.20. The van der Waals surface area contributed by atoms with Gasteiger partial charge in [-0.25, -0.2) is 9.78 Å². The molecule has 6 heteroatoms. The van der Waals surface area contributed by atoms with Crippen LogP contribution in [0.25, 0.3) is 11.0 Å². The molecule has 0 spiro atoms. The first-order valence-corrected chi connectivity index (χ1v) is 10.9. The summed E-state index contributed by atoms with van der Waals surface area (Å²) in [5.41, 5.74) is 1.50. The first kappa shape index (κ1) is 19.8. The van der Waals surface area contributed by atoms with Gasteiger partial charge in [0.1, 0.15) is 0 Å². The van der Waals surface area contributed by atoms with E-state index >= 15 is 0 Å². The first-order valence-electron chi connectivity index (χ1n) is 10.9. The molecule has 154 valence electrons. The number of rotatable bonds is 5. The van der Waals surface area contributed by atoms with Gasteiger partial charge in [-0.3, -0.25) is 9.78 Å². The van der Waals surface area contributed by atoms with Crippen LogP contribution in [-0.4, -0.2) is 45.4 Å². The van der Waals surface area contributed by atoms with Crippen molar-refractivity contribution in [1.29, 1.82) is 0 Å². The molecule has 1 aromatic carbocycles. The van der Waals surface area contributed by atoms with Gasteiger partial charge in [0.25, 0.3) is 5.91 Å². The fourth-order valence-electron chi connectivity index (χ4n) is 4.76. The van der Waals surface area contributed by atoms with E-state index in [4.69, 9.17) is 4.74 Å². The highest BCUT2D eigenvalue weighted by molar-refractivity contribution is 5.91. The Balaban J connectivity index is 1.42. The molecule has 2 fully saturated rings. The molecule has 0 unspecified atom stereocenters. The molecule has 0 atom stereocenters. The van der Waals surface area contributed by atoms with E-state index in [1.807, 2.05) is 18.2 Å². The molecule has 2 aliphatic carbocycles. The van der Waals surface area contributed by atoms with Crippen molar-refractivity contribution in [3.8, 4) is 0 Å². The number of amides is 1. The molecule has 6 nitrogen and oxygen atoms in total. The van der Waals surface area contributed by atoms with Crippen molar-refractivity contribution in [3.63, 3.8) is 0 Å². The van der Waals surface area contributed by atoms with Crippen molar-refractivity contribution in [1.82, 2.24) is 14.9 Å². The minimum Gasteiger partial charge on any atom is -0.451 e. The Morgan fingerprint density at radius 1 is 0.897 bits per heavy atom. The molecule has 0 radical (unpaired) electrons. The van der Waals surface area contributed by atoms with Crippen molar-refractivity contribution in [2.75, 3.05) is 6.61 Å². The Morgan fingerprint density at radius 3 is 2.10 bits per heavy atom. The third kappa shape index (κ3) is 4.74. The van der Waals surface area contributed by atoms with E-state index in [-0.39, 0.29) is 18.2 Å². The Labute approximate surface area is 171 Å². The van der Waals surface area contributed by atoms with E-state index in [0.717, 1.165) is 31.2 Å². The Morgan fingerprint density at radius 2 is 1.48 bits per heavy atom. The van der Waals surface area contributed by atoms with Gasteiger partial charge in [-0.15, -0.1) is 0 Å². The number of aromatic nitrogens is 2. The van der Waals surface area contributed by atoms with Crippen LogP contribution in [0.4, 0.5) is 0 Å². The van der Waals surface area contributed by atoms with E-state index in [9.17, 15) is 9.59 Å². The molecular formula is C23H29N3O3. The molecule has 2 aromatic rings. The van der Waals surface area contributed by atoms with Gasteiger partial charge >= 0.3 is 5.97 Å². The smallest absolute Gasteiger partial charge is 0.359 e. The van der Waals surface area contributed by atoms with E-state index in [1.165, 1.54) is 44.7 Å². The normalized spacial score (nSPS) is 18.5. The minimum absolute atomic E-state index is 0.0640. The van der Waals surface area contributed by atoms with Gasteiger partial charge in [0, 0.05) is 12.1 Å². The monoisotopic (exact) mass is 395 g/mol. The number of nitrogens with zero attached hydrogens (tertiary/aromatic N) is 3. The second kappa shape index (κ2) is 9.33. The van der Waals surface area contributed by atoms with Crippen molar-refractivity contribution < 1.29 is 14.3 Å². The zero-order chi connectivity index (χ0) is 20.1. The summed E-state index contributed by atoms with van der Waals surface area (Å²) in [5.74, 6) is -0.658. The van der Waals surface area contributed by atoms with Gasteiger partial charge < -0.3 is 9.64 Å². The van der Waals surface area contributed by atoms with E-state index in [1.54, 1.807) is 6.07 Å². The number of carbonyl (C=O) groups excluding carboxylic acids is 2. The molecule has 0 saturated heterocycles. The van der Waals surface area contributed by atoms with Crippen LogP contribution in [0.1, 0.15) is 74.7 Å². The number of hydrogen-bond donors (Lipinski definition) is 0. The standard InChI is InChI=1S/C23H29N3O3/c27-22(26(17-9-3-1-4-10-17)18-11-5-2-6-12-18)16-29-23(28)21-15-24-19-13-7-8-14-20(19)25-21/h7-8,13-15,17-18H,1-6,9-12,16H2. The van der Waals surface area contributed by atoms with Gasteiger partial charge in [-0.05, 0) is 37.8 Å². The highest BCUT2D eigenvalue weighted by atomic mass is 16.5. The first-order chi connectivity index (χ1) is 14.2. The number of para-hydroxylation sites is 2. The van der Waals surface area contributed by atoms with Gasteiger partial charge in [-0.2, -0.15) is 0 Å².